The van der Waals surface area contributed by atoms with E-state index in [4.69, 9.17) is 24.3 Å². The van der Waals surface area contributed by atoms with E-state index in [9.17, 15) is 19.0 Å². The van der Waals surface area contributed by atoms with Crippen molar-refractivity contribution in [2.45, 2.75) is 148 Å². The number of phosphoric ester groups is 1. The van der Waals surface area contributed by atoms with Gasteiger partial charge in [0.05, 0.1) is 13.2 Å². The molecule has 2 unspecified atom stereocenters. The Bertz CT molecular complexity index is 704. The van der Waals surface area contributed by atoms with Crippen molar-refractivity contribution in [2.24, 2.45) is 5.73 Å². The van der Waals surface area contributed by atoms with Gasteiger partial charge in [0.25, 0.3) is 0 Å². The molecule has 0 aromatic rings. The van der Waals surface area contributed by atoms with E-state index < -0.39 is 32.5 Å². The van der Waals surface area contributed by atoms with E-state index in [1.807, 2.05) is 0 Å². The normalized spacial score (nSPS) is 13.8. The van der Waals surface area contributed by atoms with Gasteiger partial charge in [-0.2, -0.15) is 0 Å². The van der Waals surface area contributed by atoms with Crippen LogP contribution >= 0.6 is 7.82 Å². The molecule has 0 aromatic heterocycles. The van der Waals surface area contributed by atoms with Gasteiger partial charge in [0.15, 0.2) is 6.10 Å². The van der Waals surface area contributed by atoms with Gasteiger partial charge in [0.2, 0.25) is 0 Å². The minimum absolute atomic E-state index is 0.0537. The van der Waals surface area contributed by atoms with Crippen LogP contribution < -0.4 is 5.73 Å². The summed E-state index contributed by atoms with van der Waals surface area (Å²) in [6.07, 6.45) is 24.3. The molecule has 0 rings (SSSR count). The molecule has 0 radical (unpaired) electrons. The number of rotatable bonds is 30. The zero-order valence-corrected chi connectivity index (χ0v) is 26.9. The van der Waals surface area contributed by atoms with Crippen molar-refractivity contribution in [1.82, 2.24) is 0 Å². The first-order valence-electron chi connectivity index (χ1n) is 16.2. The average Bonchev–Trinajstić information content (AvgIpc) is 2.95. The number of unbranched alkanes of at least 4 members (excludes halogenated alkanes) is 15. The summed E-state index contributed by atoms with van der Waals surface area (Å²) in [4.78, 5) is 34.2. The van der Waals surface area contributed by atoms with Gasteiger partial charge in [-0.3, -0.25) is 18.6 Å². The van der Waals surface area contributed by atoms with Gasteiger partial charge in [-0.25, -0.2) is 4.57 Å². The number of carbonyl (C=O) groups is 2. The van der Waals surface area contributed by atoms with Gasteiger partial charge in [0.1, 0.15) is 6.61 Å². The first-order chi connectivity index (χ1) is 19.8. The summed E-state index contributed by atoms with van der Waals surface area (Å²) in [5.41, 5.74) is 5.29. The van der Waals surface area contributed by atoms with E-state index in [0.717, 1.165) is 64.2 Å². The third-order valence-corrected chi connectivity index (χ3v) is 7.64. The van der Waals surface area contributed by atoms with E-state index in [-0.39, 0.29) is 32.6 Å². The summed E-state index contributed by atoms with van der Waals surface area (Å²) in [6, 6.07) is 0. The van der Waals surface area contributed by atoms with Gasteiger partial charge >= 0.3 is 19.8 Å². The maximum atomic E-state index is 12.4. The van der Waals surface area contributed by atoms with Crippen LogP contribution in [0, 0.1) is 0 Å². The van der Waals surface area contributed by atoms with Crippen LogP contribution in [0.1, 0.15) is 142 Å². The summed E-state index contributed by atoms with van der Waals surface area (Å²) >= 11 is 0. The predicted octanol–water partition coefficient (Wildman–Crippen LogP) is 7.93. The SMILES string of the molecule is CCCCCCCC/C=C\CCCCCCCC(=O)OC(COC(=O)CCCCCCC)COP(=O)(O)OCCN. The standard InChI is InChI=1S/C31H60NO8P/c1-3-5-7-9-10-11-12-13-14-15-16-17-18-20-22-24-31(34)40-29(28-39-41(35,36)38-26-25-32)27-37-30(33)23-21-19-8-6-4-2/h13-14,29H,3-12,15-28,32H2,1-2H3,(H,35,36)/b14-13-. The van der Waals surface area contributed by atoms with Crippen LogP contribution in [-0.4, -0.2) is 49.3 Å². The van der Waals surface area contributed by atoms with E-state index in [2.05, 4.69) is 26.0 Å². The second-order valence-corrected chi connectivity index (χ2v) is 12.1. The van der Waals surface area contributed by atoms with Gasteiger partial charge < -0.3 is 20.1 Å². The summed E-state index contributed by atoms with van der Waals surface area (Å²) in [5.74, 6) is -0.853. The van der Waals surface area contributed by atoms with Crippen LogP contribution in [0.25, 0.3) is 0 Å². The molecule has 2 atom stereocenters. The Kier molecular flexibility index (Phi) is 28.0. The smallest absolute Gasteiger partial charge is 0.462 e. The third kappa shape index (κ3) is 28.6. The van der Waals surface area contributed by atoms with Gasteiger partial charge in [-0.05, 0) is 38.5 Å². The number of hydrogen-bond acceptors (Lipinski definition) is 8. The maximum Gasteiger partial charge on any atom is 0.472 e. The van der Waals surface area contributed by atoms with Gasteiger partial charge in [0, 0.05) is 19.4 Å². The van der Waals surface area contributed by atoms with Crippen LogP contribution in [0.4, 0.5) is 0 Å². The molecule has 10 heteroatoms. The average molecular weight is 606 g/mol. The highest BCUT2D eigenvalue weighted by Gasteiger charge is 2.25. The lowest BCUT2D eigenvalue weighted by molar-refractivity contribution is -0.161. The molecular formula is C31H60NO8P. The van der Waals surface area contributed by atoms with Gasteiger partial charge in [-0.15, -0.1) is 0 Å². The summed E-state index contributed by atoms with van der Waals surface area (Å²) in [6.45, 7) is 3.59. The summed E-state index contributed by atoms with van der Waals surface area (Å²) in [7, 11) is -4.35. The van der Waals surface area contributed by atoms with Crippen molar-refractivity contribution >= 4 is 19.8 Å². The number of ether oxygens (including phenoxy) is 2. The highest BCUT2D eigenvalue weighted by atomic mass is 31.2. The summed E-state index contributed by atoms with van der Waals surface area (Å²) in [5, 5.41) is 0. The Morgan fingerprint density at radius 2 is 1.20 bits per heavy atom. The number of esters is 2. The Labute approximate surface area is 249 Å². The minimum atomic E-state index is -4.35. The molecule has 0 aromatic carbocycles. The molecule has 0 saturated heterocycles. The van der Waals surface area contributed by atoms with Crippen LogP contribution in [0.2, 0.25) is 0 Å². The van der Waals surface area contributed by atoms with E-state index in [1.165, 1.54) is 44.9 Å². The Morgan fingerprint density at radius 3 is 1.73 bits per heavy atom. The molecule has 0 fully saturated rings. The minimum Gasteiger partial charge on any atom is -0.462 e. The topological polar surface area (TPSA) is 134 Å². The third-order valence-electron chi connectivity index (χ3n) is 6.65. The number of carbonyl (C=O) groups excluding carboxylic acids is 2. The molecule has 0 bridgehead atoms. The second kappa shape index (κ2) is 28.9. The number of hydrogen-bond donors (Lipinski definition) is 2. The number of allylic oxidation sites excluding steroid dienone is 2. The highest BCUT2D eigenvalue weighted by molar-refractivity contribution is 7.47. The van der Waals surface area contributed by atoms with Crippen LogP contribution in [-0.2, 0) is 32.7 Å². The number of nitrogens with two attached hydrogens (primary N) is 1. The fourth-order valence-corrected chi connectivity index (χ4v) is 4.98. The summed E-state index contributed by atoms with van der Waals surface area (Å²) < 4.78 is 32.3. The van der Waals surface area contributed by atoms with Crippen molar-refractivity contribution < 1.29 is 37.6 Å². The van der Waals surface area contributed by atoms with Crippen molar-refractivity contribution in [2.75, 3.05) is 26.4 Å². The van der Waals surface area contributed by atoms with E-state index >= 15 is 0 Å². The van der Waals surface area contributed by atoms with Crippen LogP contribution in [0.5, 0.6) is 0 Å². The quantitative estimate of drug-likeness (QED) is 0.0362. The Balaban J connectivity index is 4.22. The monoisotopic (exact) mass is 605 g/mol. The molecule has 0 amide bonds. The molecule has 0 aliphatic heterocycles. The molecular weight excluding hydrogens is 545 g/mol. The van der Waals surface area contributed by atoms with Crippen molar-refractivity contribution in [3.8, 4) is 0 Å². The largest absolute Gasteiger partial charge is 0.472 e. The van der Waals surface area contributed by atoms with E-state index in [0.29, 0.717) is 6.42 Å². The van der Waals surface area contributed by atoms with Crippen LogP contribution in [0.3, 0.4) is 0 Å². The maximum absolute atomic E-state index is 12.4. The van der Waals surface area contributed by atoms with E-state index in [1.54, 1.807) is 0 Å². The fourth-order valence-electron chi connectivity index (χ4n) is 4.21. The molecule has 9 nitrogen and oxygen atoms in total. The lowest BCUT2D eigenvalue weighted by atomic mass is 10.1. The lowest BCUT2D eigenvalue weighted by Gasteiger charge is -2.19. The van der Waals surface area contributed by atoms with Crippen LogP contribution in [0.15, 0.2) is 12.2 Å². The molecule has 0 saturated carbocycles. The molecule has 3 N–H and O–H groups in total. The van der Waals surface area contributed by atoms with Gasteiger partial charge in [-0.1, -0.05) is 103 Å². The number of phosphoric acid groups is 1. The lowest BCUT2D eigenvalue weighted by Crippen LogP contribution is -2.29. The zero-order chi connectivity index (χ0) is 30.4. The molecule has 41 heavy (non-hydrogen) atoms. The first-order valence-corrected chi connectivity index (χ1v) is 17.7. The molecule has 0 aliphatic carbocycles. The van der Waals surface area contributed by atoms with Crippen molar-refractivity contribution in [1.29, 1.82) is 0 Å². The zero-order valence-electron chi connectivity index (χ0n) is 26.0. The Morgan fingerprint density at radius 1 is 0.707 bits per heavy atom. The first kappa shape index (κ1) is 39.8. The second-order valence-electron chi connectivity index (χ2n) is 10.7. The molecule has 0 aliphatic rings. The highest BCUT2D eigenvalue weighted by Crippen LogP contribution is 2.43. The Hall–Kier alpha value is -1.25. The predicted molar refractivity (Wildman–Crippen MR) is 164 cm³/mol. The molecule has 0 spiro atoms. The van der Waals surface area contributed by atoms with Crippen molar-refractivity contribution in [3.05, 3.63) is 12.2 Å². The fraction of sp³-hybridized carbons (Fsp3) is 0.871. The van der Waals surface area contributed by atoms with Crippen molar-refractivity contribution in [3.63, 3.8) is 0 Å². The molecule has 242 valence electrons. The molecule has 0 heterocycles.